The van der Waals surface area contributed by atoms with Gasteiger partial charge >= 0.3 is 0 Å². The minimum atomic E-state index is -0.171. The van der Waals surface area contributed by atoms with Crippen molar-refractivity contribution in [1.29, 1.82) is 0 Å². The fourth-order valence-electron chi connectivity index (χ4n) is 5.10. The summed E-state index contributed by atoms with van der Waals surface area (Å²) in [6, 6.07) is 13.8. The van der Waals surface area contributed by atoms with Crippen molar-refractivity contribution in [2.45, 2.75) is 53.9 Å². The van der Waals surface area contributed by atoms with Gasteiger partial charge in [-0.2, -0.15) is 5.10 Å². The summed E-state index contributed by atoms with van der Waals surface area (Å²) >= 11 is 0. The first-order valence-corrected chi connectivity index (χ1v) is 10.5. The third-order valence-corrected chi connectivity index (χ3v) is 7.85. The number of hydrazone groups is 1. The highest BCUT2D eigenvalue weighted by molar-refractivity contribution is 6.02. The van der Waals surface area contributed by atoms with Gasteiger partial charge in [0.25, 0.3) is 5.91 Å². The fourth-order valence-corrected chi connectivity index (χ4v) is 5.10. The van der Waals surface area contributed by atoms with Gasteiger partial charge in [-0.05, 0) is 73.8 Å². The lowest BCUT2D eigenvalue weighted by Crippen LogP contribution is -2.34. The van der Waals surface area contributed by atoms with E-state index in [1.807, 2.05) is 36.4 Å². The Labute approximate surface area is 173 Å². The molecule has 4 nitrogen and oxygen atoms in total. The standard InChI is InChI=1S/C25H31N3O/c1-16-9-8-12-20(17(16)2)26-21-11-7-6-10-19(21)23(29)28-27-22-15-18-13-14-25(22,5)24(18,3)4/h6-12,18,26H,13-15H2,1-5H3,(H,28,29). The van der Waals surface area contributed by atoms with Gasteiger partial charge < -0.3 is 5.32 Å². The Morgan fingerprint density at radius 2 is 1.76 bits per heavy atom. The van der Waals surface area contributed by atoms with Crippen molar-refractivity contribution < 1.29 is 4.79 Å². The molecule has 2 saturated carbocycles. The Morgan fingerprint density at radius 3 is 2.45 bits per heavy atom. The van der Waals surface area contributed by atoms with Gasteiger partial charge in [-0.3, -0.25) is 4.79 Å². The highest BCUT2D eigenvalue weighted by Crippen LogP contribution is 2.63. The van der Waals surface area contributed by atoms with Gasteiger partial charge in [0.2, 0.25) is 0 Å². The first-order valence-electron chi connectivity index (χ1n) is 10.5. The van der Waals surface area contributed by atoms with Crippen LogP contribution in [0.25, 0.3) is 0 Å². The van der Waals surface area contributed by atoms with Gasteiger partial charge in [-0.1, -0.05) is 45.0 Å². The summed E-state index contributed by atoms with van der Waals surface area (Å²) < 4.78 is 0. The van der Waals surface area contributed by atoms with Crippen LogP contribution in [-0.2, 0) is 0 Å². The van der Waals surface area contributed by atoms with Crippen LogP contribution in [0.4, 0.5) is 11.4 Å². The van der Waals surface area contributed by atoms with Crippen molar-refractivity contribution in [3.8, 4) is 0 Å². The number of hydrogen-bond acceptors (Lipinski definition) is 3. The summed E-state index contributed by atoms with van der Waals surface area (Å²) in [5.74, 6) is 0.497. The number of benzene rings is 2. The van der Waals surface area contributed by atoms with Gasteiger partial charge in [0.15, 0.2) is 0 Å². The van der Waals surface area contributed by atoms with Crippen molar-refractivity contribution in [2.75, 3.05) is 5.32 Å². The quantitative estimate of drug-likeness (QED) is 0.632. The van der Waals surface area contributed by atoms with Gasteiger partial charge in [0.05, 0.1) is 11.3 Å². The molecule has 2 N–H and O–H groups in total. The number of para-hydroxylation sites is 1. The third kappa shape index (κ3) is 3.15. The van der Waals surface area contributed by atoms with E-state index in [-0.39, 0.29) is 16.7 Å². The number of nitrogens with one attached hydrogen (secondary N) is 2. The zero-order valence-corrected chi connectivity index (χ0v) is 18.1. The highest BCUT2D eigenvalue weighted by Gasteiger charge is 2.60. The molecular weight excluding hydrogens is 358 g/mol. The van der Waals surface area contributed by atoms with Crippen LogP contribution in [0.1, 0.15) is 61.5 Å². The summed E-state index contributed by atoms with van der Waals surface area (Å²) in [5.41, 5.74) is 9.13. The molecule has 0 heterocycles. The maximum Gasteiger partial charge on any atom is 0.273 e. The molecule has 152 valence electrons. The zero-order valence-electron chi connectivity index (χ0n) is 18.1. The van der Waals surface area contributed by atoms with Crippen LogP contribution < -0.4 is 10.7 Å². The first-order chi connectivity index (χ1) is 13.7. The molecule has 0 aliphatic heterocycles. The zero-order chi connectivity index (χ0) is 20.8. The number of aryl methyl sites for hydroxylation is 1. The summed E-state index contributed by atoms with van der Waals surface area (Å²) in [6.07, 6.45) is 3.41. The average molecular weight is 390 g/mol. The lowest BCUT2D eigenvalue weighted by molar-refractivity contribution is 0.0954. The van der Waals surface area contributed by atoms with E-state index in [1.54, 1.807) is 0 Å². The summed E-state index contributed by atoms with van der Waals surface area (Å²) in [6.45, 7) is 11.2. The summed E-state index contributed by atoms with van der Waals surface area (Å²) in [4.78, 5) is 13.0. The van der Waals surface area contributed by atoms with E-state index in [1.165, 1.54) is 17.5 Å². The molecule has 2 atom stereocenters. The number of anilines is 2. The van der Waals surface area contributed by atoms with Crippen molar-refractivity contribution in [2.24, 2.45) is 21.8 Å². The van der Waals surface area contributed by atoms with Crippen molar-refractivity contribution in [3.63, 3.8) is 0 Å². The molecule has 4 heteroatoms. The van der Waals surface area contributed by atoms with E-state index < -0.39 is 0 Å². The molecule has 1 amide bonds. The van der Waals surface area contributed by atoms with E-state index in [9.17, 15) is 4.79 Å². The molecule has 2 aliphatic rings. The van der Waals surface area contributed by atoms with Gasteiger partial charge in [0, 0.05) is 16.8 Å². The Morgan fingerprint density at radius 1 is 1.03 bits per heavy atom. The molecule has 2 unspecified atom stereocenters. The largest absolute Gasteiger partial charge is 0.355 e. The SMILES string of the molecule is Cc1cccc(Nc2ccccc2C(=O)NN=C2CC3CCC2(C)C3(C)C)c1C. The Balaban J connectivity index is 1.56. The average Bonchev–Trinajstić information content (AvgIpc) is 3.03. The van der Waals surface area contributed by atoms with Crippen LogP contribution in [0.5, 0.6) is 0 Å². The second kappa shape index (κ2) is 7.01. The topological polar surface area (TPSA) is 53.5 Å². The van der Waals surface area contributed by atoms with Gasteiger partial charge in [-0.15, -0.1) is 0 Å². The Kier molecular flexibility index (Phi) is 4.76. The number of carbonyl (C=O) groups excluding carboxylic acids is 1. The maximum atomic E-state index is 13.0. The summed E-state index contributed by atoms with van der Waals surface area (Å²) in [7, 11) is 0. The van der Waals surface area contributed by atoms with E-state index in [4.69, 9.17) is 0 Å². The molecule has 29 heavy (non-hydrogen) atoms. The van der Waals surface area contributed by atoms with E-state index in [0.29, 0.717) is 11.5 Å². The van der Waals surface area contributed by atoms with Gasteiger partial charge in [-0.25, -0.2) is 5.43 Å². The minimum Gasteiger partial charge on any atom is -0.355 e. The molecule has 2 bridgehead atoms. The molecule has 2 aromatic carbocycles. The van der Waals surface area contributed by atoms with Crippen LogP contribution in [0.15, 0.2) is 47.6 Å². The van der Waals surface area contributed by atoms with E-state index >= 15 is 0 Å². The normalized spacial score (nSPS) is 26.0. The van der Waals surface area contributed by atoms with Crippen LogP contribution >= 0.6 is 0 Å². The number of fused-ring (bicyclic) bond motifs is 2. The van der Waals surface area contributed by atoms with Crippen LogP contribution in [0.3, 0.4) is 0 Å². The Hall–Kier alpha value is -2.62. The molecule has 0 radical (unpaired) electrons. The molecule has 2 aromatic rings. The number of rotatable bonds is 4. The van der Waals surface area contributed by atoms with Crippen molar-refractivity contribution >= 4 is 23.0 Å². The number of hydrogen-bond donors (Lipinski definition) is 2. The second-order valence-corrected chi connectivity index (χ2v) is 9.41. The molecule has 4 rings (SSSR count). The predicted octanol–water partition coefficient (Wildman–Crippen LogP) is 5.98. The van der Waals surface area contributed by atoms with Crippen molar-refractivity contribution in [3.05, 3.63) is 59.2 Å². The first kappa shape index (κ1) is 19.7. The second-order valence-electron chi connectivity index (χ2n) is 9.41. The lowest BCUT2D eigenvalue weighted by Gasteiger charge is -2.34. The lowest BCUT2D eigenvalue weighted by atomic mass is 9.70. The minimum absolute atomic E-state index is 0.0847. The fraction of sp³-hybridized carbons (Fsp3) is 0.440. The highest BCUT2D eigenvalue weighted by atomic mass is 16.2. The molecule has 0 aromatic heterocycles. The molecular formula is C25H31N3O. The number of amides is 1. The van der Waals surface area contributed by atoms with Crippen LogP contribution in [-0.4, -0.2) is 11.6 Å². The molecule has 0 spiro atoms. The van der Waals surface area contributed by atoms with Crippen LogP contribution in [0.2, 0.25) is 0 Å². The van der Waals surface area contributed by atoms with E-state index in [2.05, 4.69) is 56.5 Å². The van der Waals surface area contributed by atoms with Gasteiger partial charge in [0.1, 0.15) is 0 Å². The molecule has 0 saturated heterocycles. The summed E-state index contributed by atoms with van der Waals surface area (Å²) in [5, 5.41) is 8.05. The maximum absolute atomic E-state index is 13.0. The molecule has 2 aliphatic carbocycles. The molecule has 2 fully saturated rings. The number of carbonyl (C=O) groups is 1. The predicted molar refractivity (Wildman–Crippen MR) is 120 cm³/mol. The number of nitrogens with zero attached hydrogens (tertiary/aromatic N) is 1. The Bertz CT molecular complexity index is 991. The van der Waals surface area contributed by atoms with E-state index in [0.717, 1.165) is 29.9 Å². The third-order valence-electron chi connectivity index (χ3n) is 7.85. The monoisotopic (exact) mass is 389 g/mol. The smallest absolute Gasteiger partial charge is 0.273 e. The van der Waals surface area contributed by atoms with Crippen molar-refractivity contribution in [1.82, 2.24) is 5.43 Å². The van der Waals surface area contributed by atoms with Crippen LogP contribution in [0, 0.1) is 30.6 Å².